The van der Waals surface area contributed by atoms with Gasteiger partial charge in [-0.15, -0.1) is 0 Å². The average molecular weight is 229 g/mol. The molecule has 0 aromatic rings. The predicted octanol–water partition coefficient (Wildman–Crippen LogP) is 4.61. The highest BCUT2D eigenvalue weighted by Crippen LogP contribution is 2.12. The highest BCUT2D eigenvalue weighted by atomic mass is 32.2. The molecule has 0 saturated carbocycles. The van der Waals surface area contributed by atoms with E-state index in [0.29, 0.717) is 10.9 Å². The third kappa shape index (κ3) is 11.9. The van der Waals surface area contributed by atoms with Gasteiger partial charge in [-0.25, -0.2) is 0 Å². The highest BCUT2D eigenvalue weighted by Gasteiger charge is 1.99. The lowest BCUT2D eigenvalue weighted by Crippen LogP contribution is -1.92. The summed E-state index contributed by atoms with van der Waals surface area (Å²) in [5.41, 5.74) is 0. The van der Waals surface area contributed by atoms with Gasteiger partial charge >= 0.3 is 0 Å². The van der Waals surface area contributed by atoms with Gasteiger partial charge in [0, 0.05) is 12.2 Å². The Morgan fingerprint density at radius 3 is 2.07 bits per heavy atom. The molecule has 1 radical (unpaired) electrons. The molecule has 0 fully saturated rings. The average Bonchev–Trinajstić information content (AvgIpc) is 2.22. The van der Waals surface area contributed by atoms with E-state index in [4.69, 9.17) is 0 Å². The van der Waals surface area contributed by atoms with Crippen LogP contribution in [0.2, 0.25) is 0 Å². The van der Waals surface area contributed by atoms with Crippen LogP contribution >= 0.6 is 11.8 Å². The van der Waals surface area contributed by atoms with Crippen molar-refractivity contribution in [3.8, 4) is 0 Å². The molecule has 0 bridgehead atoms. The van der Waals surface area contributed by atoms with Crippen molar-refractivity contribution in [2.75, 3.05) is 5.75 Å². The number of carbonyl (C=O) groups excluding carboxylic acids is 1. The standard InChI is InChI=1S/C13H25OS/c1-3-5-6-7-8-9-10-11-12-13(14)15-4-2/h2-12H2,1H3. The number of hydrogen-bond acceptors (Lipinski definition) is 2. The summed E-state index contributed by atoms with van der Waals surface area (Å²) in [6, 6.07) is 0. The zero-order valence-electron chi connectivity index (χ0n) is 10.1. The maximum absolute atomic E-state index is 11.1. The first-order valence-electron chi connectivity index (χ1n) is 6.26. The van der Waals surface area contributed by atoms with Gasteiger partial charge in [0.1, 0.15) is 0 Å². The van der Waals surface area contributed by atoms with E-state index >= 15 is 0 Å². The Morgan fingerprint density at radius 1 is 1.00 bits per heavy atom. The SMILES string of the molecule is [CH2]CSC(=O)CCCCCCCCCC. The molecule has 2 heteroatoms. The van der Waals surface area contributed by atoms with Gasteiger partial charge in [0.2, 0.25) is 0 Å². The molecule has 0 aromatic carbocycles. The molecule has 1 nitrogen and oxygen atoms in total. The summed E-state index contributed by atoms with van der Waals surface area (Å²) >= 11 is 1.36. The first-order valence-corrected chi connectivity index (χ1v) is 7.24. The fourth-order valence-electron chi connectivity index (χ4n) is 1.59. The Hall–Kier alpha value is 0.0200. The lowest BCUT2D eigenvalue weighted by Gasteiger charge is -2.01. The third-order valence-electron chi connectivity index (χ3n) is 2.50. The molecular weight excluding hydrogens is 204 g/mol. The van der Waals surface area contributed by atoms with E-state index in [1.807, 2.05) is 0 Å². The number of thioether (sulfide) groups is 1. The predicted molar refractivity (Wildman–Crippen MR) is 70.0 cm³/mol. The Morgan fingerprint density at radius 2 is 1.53 bits per heavy atom. The van der Waals surface area contributed by atoms with Gasteiger partial charge in [0.25, 0.3) is 0 Å². The fraction of sp³-hybridized carbons (Fsp3) is 0.846. The van der Waals surface area contributed by atoms with Crippen LogP contribution in [0.3, 0.4) is 0 Å². The van der Waals surface area contributed by atoms with E-state index in [1.165, 1.54) is 56.7 Å². The molecule has 89 valence electrons. The Balaban J connectivity index is 3.01. The smallest absolute Gasteiger partial charge is 0.188 e. The minimum atomic E-state index is 0.316. The van der Waals surface area contributed by atoms with Crippen LogP contribution in [0.4, 0.5) is 0 Å². The number of hydrogen-bond donors (Lipinski definition) is 0. The lowest BCUT2D eigenvalue weighted by molar-refractivity contribution is -0.111. The first-order chi connectivity index (χ1) is 7.31. The van der Waals surface area contributed by atoms with Crippen LogP contribution in [0.15, 0.2) is 0 Å². The zero-order valence-corrected chi connectivity index (χ0v) is 10.9. The number of rotatable bonds is 10. The minimum Gasteiger partial charge on any atom is -0.287 e. The van der Waals surface area contributed by atoms with Crippen molar-refractivity contribution in [3.63, 3.8) is 0 Å². The molecule has 0 unspecified atom stereocenters. The molecule has 0 aliphatic rings. The molecule has 0 N–H and O–H groups in total. The van der Waals surface area contributed by atoms with Crippen molar-refractivity contribution >= 4 is 16.9 Å². The maximum Gasteiger partial charge on any atom is 0.188 e. The van der Waals surface area contributed by atoms with Gasteiger partial charge in [0.15, 0.2) is 5.12 Å². The molecule has 0 atom stereocenters. The fourth-order valence-corrected chi connectivity index (χ4v) is 2.11. The van der Waals surface area contributed by atoms with Crippen molar-refractivity contribution < 1.29 is 4.79 Å². The van der Waals surface area contributed by atoms with Crippen molar-refractivity contribution in [2.24, 2.45) is 0 Å². The van der Waals surface area contributed by atoms with E-state index in [1.54, 1.807) is 0 Å². The largest absolute Gasteiger partial charge is 0.287 e. The normalized spacial score (nSPS) is 10.5. The Kier molecular flexibility index (Phi) is 12.1. The van der Waals surface area contributed by atoms with E-state index < -0.39 is 0 Å². The monoisotopic (exact) mass is 229 g/mol. The molecule has 15 heavy (non-hydrogen) atoms. The summed E-state index contributed by atoms with van der Waals surface area (Å²) in [6.07, 6.45) is 11.1. The van der Waals surface area contributed by atoms with Crippen LogP contribution in [-0.4, -0.2) is 10.9 Å². The quantitative estimate of drug-likeness (QED) is 0.509. The van der Waals surface area contributed by atoms with Crippen LogP contribution in [0.25, 0.3) is 0 Å². The molecule has 0 amide bonds. The summed E-state index contributed by atoms with van der Waals surface area (Å²) < 4.78 is 0. The van der Waals surface area contributed by atoms with Crippen LogP contribution in [0.5, 0.6) is 0 Å². The van der Waals surface area contributed by atoms with Crippen LogP contribution in [-0.2, 0) is 4.79 Å². The number of carbonyl (C=O) groups is 1. The van der Waals surface area contributed by atoms with Gasteiger partial charge in [-0.1, -0.05) is 63.6 Å². The van der Waals surface area contributed by atoms with Crippen molar-refractivity contribution in [2.45, 2.75) is 64.7 Å². The molecule has 0 aliphatic heterocycles. The van der Waals surface area contributed by atoms with Gasteiger partial charge in [-0.3, -0.25) is 4.79 Å². The number of unbranched alkanes of at least 4 members (excludes halogenated alkanes) is 7. The molecule has 0 heterocycles. The van der Waals surface area contributed by atoms with Gasteiger partial charge in [-0.2, -0.15) is 0 Å². The van der Waals surface area contributed by atoms with Crippen molar-refractivity contribution in [1.29, 1.82) is 0 Å². The highest BCUT2D eigenvalue weighted by molar-refractivity contribution is 8.13. The van der Waals surface area contributed by atoms with E-state index in [0.717, 1.165) is 12.8 Å². The van der Waals surface area contributed by atoms with Gasteiger partial charge in [0.05, 0.1) is 0 Å². The second-order valence-electron chi connectivity index (χ2n) is 3.95. The first kappa shape index (κ1) is 15.0. The molecule has 0 saturated heterocycles. The second-order valence-corrected chi connectivity index (χ2v) is 5.10. The van der Waals surface area contributed by atoms with E-state index in [2.05, 4.69) is 13.8 Å². The van der Waals surface area contributed by atoms with Crippen LogP contribution in [0.1, 0.15) is 64.7 Å². The van der Waals surface area contributed by atoms with Crippen LogP contribution in [0, 0.1) is 6.92 Å². The summed E-state index contributed by atoms with van der Waals surface area (Å²) in [6.45, 7) is 5.90. The maximum atomic E-state index is 11.1. The summed E-state index contributed by atoms with van der Waals surface area (Å²) in [7, 11) is 0. The molecule has 0 spiro atoms. The summed E-state index contributed by atoms with van der Waals surface area (Å²) in [5, 5.41) is 0.316. The van der Waals surface area contributed by atoms with Crippen molar-refractivity contribution in [3.05, 3.63) is 6.92 Å². The lowest BCUT2D eigenvalue weighted by atomic mass is 10.1. The van der Waals surface area contributed by atoms with Crippen molar-refractivity contribution in [1.82, 2.24) is 0 Å². The molecule has 0 aromatic heterocycles. The zero-order chi connectivity index (χ0) is 11.4. The van der Waals surface area contributed by atoms with Gasteiger partial charge < -0.3 is 0 Å². The third-order valence-corrected chi connectivity index (χ3v) is 3.23. The second kappa shape index (κ2) is 12.1. The minimum absolute atomic E-state index is 0.316. The van der Waals surface area contributed by atoms with Crippen LogP contribution < -0.4 is 0 Å². The molecule has 0 aliphatic carbocycles. The molecule has 0 rings (SSSR count). The molecular formula is C13H25OS. The summed E-state index contributed by atoms with van der Waals surface area (Å²) in [5.74, 6) is 0.676. The van der Waals surface area contributed by atoms with E-state index in [-0.39, 0.29) is 0 Å². The van der Waals surface area contributed by atoms with E-state index in [9.17, 15) is 4.79 Å². The topological polar surface area (TPSA) is 17.1 Å². The summed E-state index contributed by atoms with van der Waals surface area (Å²) in [4.78, 5) is 11.1. The Labute approximate surface area is 99.4 Å². The van der Waals surface area contributed by atoms with Gasteiger partial charge in [-0.05, 0) is 13.3 Å². The Bertz CT molecular complexity index is 145.